The molecular weight excluding hydrogens is 252 g/mol. The number of hydrogen-bond donors (Lipinski definition) is 2. The van der Waals surface area contributed by atoms with Crippen molar-refractivity contribution in [3.8, 4) is 5.69 Å². The van der Waals surface area contributed by atoms with E-state index in [9.17, 15) is 0 Å². The van der Waals surface area contributed by atoms with Gasteiger partial charge in [-0.25, -0.2) is 4.68 Å². The molecule has 20 heavy (non-hydrogen) atoms. The van der Waals surface area contributed by atoms with E-state index in [1.165, 1.54) is 5.56 Å². The topological polar surface area (TPSA) is 81.7 Å². The summed E-state index contributed by atoms with van der Waals surface area (Å²) in [6.45, 7) is 2.11. The van der Waals surface area contributed by atoms with Gasteiger partial charge in [-0.3, -0.25) is 0 Å². The van der Waals surface area contributed by atoms with Crippen LogP contribution < -0.4 is 11.1 Å². The van der Waals surface area contributed by atoms with Crippen molar-refractivity contribution in [2.75, 3.05) is 5.32 Å². The van der Waals surface area contributed by atoms with Crippen molar-refractivity contribution in [2.24, 2.45) is 5.73 Å². The van der Waals surface area contributed by atoms with Crippen LogP contribution in [0.15, 0.2) is 24.5 Å². The van der Waals surface area contributed by atoms with Gasteiger partial charge in [0.15, 0.2) is 0 Å². The third-order valence-electron chi connectivity index (χ3n) is 3.97. The summed E-state index contributed by atoms with van der Waals surface area (Å²) < 4.78 is 1.67. The predicted molar refractivity (Wildman–Crippen MR) is 77.7 cm³/mol. The van der Waals surface area contributed by atoms with Gasteiger partial charge >= 0.3 is 0 Å². The smallest absolute Gasteiger partial charge is 0.143 e. The third kappa shape index (κ3) is 2.80. The fourth-order valence-corrected chi connectivity index (χ4v) is 2.67. The van der Waals surface area contributed by atoms with Crippen molar-refractivity contribution in [1.29, 1.82) is 0 Å². The fourth-order valence-electron chi connectivity index (χ4n) is 2.67. The summed E-state index contributed by atoms with van der Waals surface area (Å²) in [6, 6.07) is 7.10. The number of rotatable bonds is 3. The molecule has 0 aliphatic heterocycles. The van der Waals surface area contributed by atoms with Crippen molar-refractivity contribution in [3.05, 3.63) is 30.1 Å². The molecule has 1 aliphatic rings. The van der Waals surface area contributed by atoms with Gasteiger partial charge in [0, 0.05) is 17.8 Å². The van der Waals surface area contributed by atoms with Gasteiger partial charge in [-0.1, -0.05) is 6.07 Å². The molecule has 1 aliphatic carbocycles. The molecule has 1 saturated carbocycles. The Labute approximate surface area is 118 Å². The van der Waals surface area contributed by atoms with Gasteiger partial charge in [0.2, 0.25) is 0 Å². The van der Waals surface area contributed by atoms with Crippen LogP contribution in [0.3, 0.4) is 0 Å². The molecule has 3 N–H and O–H groups in total. The zero-order valence-corrected chi connectivity index (χ0v) is 11.7. The van der Waals surface area contributed by atoms with Crippen molar-refractivity contribution in [2.45, 2.75) is 44.7 Å². The van der Waals surface area contributed by atoms with Gasteiger partial charge in [0.25, 0.3) is 0 Å². The number of anilines is 1. The van der Waals surface area contributed by atoms with Gasteiger partial charge in [-0.15, -0.1) is 5.10 Å². The minimum Gasteiger partial charge on any atom is -0.382 e. The second-order valence-electron chi connectivity index (χ2n) is 5.51. The number of aryl methyl sites for hydroxylation is 1. The second kappa shape index (κ2) is 5.58. The van der Waals surface area contributed by atoms with Crippen molar-refractivity contribution in [1.82, 2.24) is 20.2 Å². The lowest BCUT2D eigenvalue weighted by Crippen LogP contribution is -2.33. The van der Waals surface area contributed by atoms with E-state index in [-0.39, 0.29) is 0 Å². The first kappa shape index (κ1) is 13.1. The summed E-state index contributed by atoms with van der Waals surface area (Å²) in [5, 5.41) is 14.9. The normalized spacial score (nSPS) is 22.7. The molecule has 0 radical (unpaired) electrons. The van der Waals surface area contributed by atoms with Crippen LogP contribution in [0.5, 0.6) is 0 Å². The van der Waals surface area contributed by atoms with E-state index in [1.54, 1.807) is 11.0 Å². The van der Waals surface area contributed by atoms with E-state index < -0.39 is 0 Å². The van der Waals surface area contributed by atoms with E-state index in [1.807, 2.05) is 6.07 Å². The number of aromatic nitrogens is 4. The molecule has 1 aromatic carbocycles. The molecule has 2 aromatic rings. The number of nitrogens with one attached hydrogen (secondary N) is 1. The van der Waals surface area contributed by atoms with Crippen LogP contribution in [0.25, 0.3) is 5.69 Å². The molecule has 1 aromatic heterocycles. The van der Waals surface area contributed by atoms with Gasteiger partial charge in [-0.05, 0) is 60.7 Å². The lowest BCUT2D eigenvalue weighted by molar-refractivity contribution is 0.411. The van der Waals surface area contributed by atoms with Gasteiger partial charge in [0.05, 0.1) is 5.69 Å². The largest absolute Gasteiger partial charge is 0.382 e. The van der Waals surface area contributed by atoms with Crippen LogP contribution in [-0.2, 0) is 0 Å². The Hall–Kier alpha value is -1.95. The molecule has 1 fully saturated rings. The summed E-state index contributed by atoms with van der Waals surface area (Å²) in [4.78, 5) is 0. The lowest BCUT2D eigenvalue weighted by atomic mass is 9.91. The van der Waals surface area contributed by atoms with Crippen LogP contribution >= 0.6 is 0 Å². The van der Waals surface area contributed by atoms with E-state index in [0.29, 0.717) is 12.1 Å². The Bertz CT molecular complexity index is 557. The molecule has 3 rings (SSSR count). The van der Waals surface area contributed by atoms with E-state index in [0.717, 1.165) is 37.1 Å². The first-order valence-electron chi connectivity index (χ1n) is 7.08. The van der Waals surface area contributed by atoms with Crippen LogP contribution in [0, 0.1) is 6.92 Å². The number of nitrogens with two attached hydrogens (primary N) is 1. The summed E-state index contributed by atoms with van der Waals surface area (Å²) in [5.74, 6) is 0. The first-order valence-corrected chi connectivity index (χ1v) is 7.08. The average molecular weight is 272 g/mol. The monoisotopic (exact) mass is 272 g/mol. The molecule has 0 saturated heterocycles. The first-order chi connectivity index (χ1) is 9.72. The maximum atomic E-state index is 5.96. The van der Waals surface area contributed by atoms with Gasteiger partial charge in [0.1, 0.15) is 6.33 Å². The van der Waals surface area contributed by atoms with E-state index in [4.69, 9.17) is 5.73 Å². The van der Waals surface area contributed by atoms with Crippen LogP contribution in [0.4, 0.5) is 5.69 Å². The highest BCUT2D eigenvalue weighted by atomic mass is 15.5. The molecule has 0 spiro atoms. The summed E-state index contributed by atoms with van der Waals surface area (Å²) >= 11 is 0. The van der Waals surface area contributed by atoms with E-state index in [2.05, 4.69) is 39.9 Å². The standard InChI is InChI=1S/C14H20N6/c1-10-2-7-13(20-9-16-18-19-20)8-14(10)17-12-5-3-11(15)4-6-12/h2,7-9,11-12,17H,3-6,15H2,1H3. The number of nitrogens with zero attached hydrogens (tertiary/aromatic N) is 4. The number of hydrogen-bond acceptors (Lipinski definition) is 5. The Balaban J connectivity index is 1.77. The Morgan fingerprint density at radius 3 is 2.75 bits per heavy atom. The number of tetrazole rings is 1. The van der Waals surface area contributed by atoms with Crippen molar-refractivity contribution < 1.29 is 0 Å². The minimum atomic E-state index is 0.377. The lowest BCUT2D eigenvalue weighted by Gasteiger charge is -2.28. The fraction of sp³-hybridized carbons (Fsp3) is 0.500. The molecule has 6 heteroatoms. The molecule has 0 amide bonds. The van der Waals surface area contributed by atoms with Gasteiger partial charge in [-0.2, -0.15) is 0 Å². The highest BCUT2D eigenvalue weighted by Gasteiger charge is 2.18. The second-order valence-corrected chi connectivity index (χ2v) is 5.51. The minimum absolute atomic E-state index is 0.377. The Morgan fingerprint density at radius 2 is 2.05 bits per heavy atom. The third-order valence-corrected chi connectivity index (χ3v) is 3.97. The maximum Gasteiger partial charge on any atom is 0.143 e. The quantitative estimate of drug-likeness (QED) is 0.888. The Kier molecular flexibility index (Phi) is 3.64. The van der Waals surface area contributed by atoms with Gasteiger partial charge < -0.3 is 11.1 Å². The Morgan fingerprint density at radius 1 is 1.25 bits per heavy atom. The highest BCUT2D eigenvalue weighted by Crippen LogP contribution is 2.25. The predicted octanol–water partition coefficient (Wildman–Crippen LogP) is 1.65. The molecule has 1 heterocycles. The molecule has 0 atom stereocenters. The number of benzene rings is 1. The SMILES string of the molecule is Cc1ccc(-n2cnnn2)cc1NC1CCC(N)CC1. The van der Waals surface area contributed by atoms with Crippen molar-refractivity contribution in [3.63, 3.8) is 0 Å². The zero-order chi connectivity index (χ0) is 13.9. The van der Waals surface area contributed by atoms with Crippen molar-refractivity contribution >= 4 is 5.69 Å². The molecule has 106 valence electrons. The van der Waals surface area contributed by atoms with Crippen LogP contribution in [0.2, 0.25) is 0 Å². The maximum absolute atomic E-state index is 5.96. The molecule has 0 unspecified atom stereocenters. The average Bonchev–Trinajstić information content (AvgIpc) is 2.98. The van der Waals surface area contributed by atoms with Crippen LogP contribution in [0.1, 0.15) is 31.2 Å². The molecule has 0 bridgehead atoms. The van der Waals surface area contributed by atoms with E-state index >= 15 is 0 Å². The summed E-state index contributed by atoms with van der Waals surface area (Å²) in [7, 11) is 0. The molecule has 6 nitrogen and oxygen atoms in total. The zero-order valence-electron chi connectivity index (χ0n) is 11.7. The van der Waals surface area contributed by atoms with Crippen LogP contribution in [-0.4, -0.2) is 32.3 Å². The summed E-state index contributed by atoms with van der Waals surface area (Å²) in [5.41, 5.74) is 9.31. The summed E-state index contributed by atoms with van der Waals surface area (Å²) in [6.07, 6.45) is 6.08. The molecular formula is C14H20N6. The highest BCUT2D eigenvalue weighted by molar-refractivity contribution is 5.57.